The second kappa shape index (κ2) is 8.78. The van der Waals surface area contributed by atoms with Gasteiger partial charge in [-0.1, -0.05) is 19.3 Å². The van der Waals surface area contributed by atoms with Gasteiger partial charge in [0.2, 0.25) is 5.95 Å². The van der Waals surface area contributed by atoms with Crippen molar-refractivity contribution in [1.82, 2.24) is 20.3 Å². The molecule has 0 unspecified atom stereocenters. The molecule has 140 valence electrons. The van der Waals surface area contributed by atoms with E-state index in [1.54, 1.807) is 0 Å². The summed E-state index contributed by atoms with van der Waals surface area (Å²) in [5.41, 5.74) is 6.68. The highest BCUT2D eigenvalue weighted by Crippen LogP contribution is 2.39. The molecule has 0 bridgehead atoms. The molecule has 2 aliphatic rings. The summed E-state index contributed by atoms with van der Waals surface area (Å²) < 4.78 is 0. The van der Waals surface area contributed by atoms with Crippen molar-refractivity contribution in [2.24, 2.45) is 5.73 Å². The summed E-state index contributed by atoms with van der Waals surface area (Å²) in [6.07, 6.45) is 10.9. The van der Waals surface area contributed by atoms with Crippen molar-refractivity contribution in [2.75, 3.05) is 11.9 Å². The maximum absolute atomic E-state index is 9.71. The van der Waals surface area contributed by atoms with Gasteiger partial charge in [-0.3, -0.25) is 0 Å². The fraction of sp³-hybridized carbons (Fsp3) is 0.579. The number of carbonyl (C=O) groups is 1. The van der Waals surface area contributed by atoms with Crippen LogP contribution in [-0.2, 0) is 0 Å². The first kappa shape index (κ1) is 18.4. The van der Waals surface area contributed by atoms with Gasteiger partial charge >= 0.3 is 6.03 Å². The van der Waals surface area contributed by atoms with Gasteiger partial charge in [0, 0.05) is 35.8 Å². The Morgan fingerprint density at radius 1 is 1.15 bits per heavy atom. The van der Waals surface area contributed by atoms with Crippen LogP contribution in [0.3, 0.4) is 0 Å². The summed E-state index contributed by atoms with van der Waals surface area (Å²) in [5, 5.41) is 6.85. The van der Waals surface area contributed by atoms with E-state index in [0.717, 1.165) is 17.0 Å². The lowest BCUT2D eigenvalue weighted by molar-refractivity contribution is 0.249. The first-order valence-corrected chi connectivity index (χ1v) is 9.59. The number of primary amides is 1. The van der Waals surface area contributed by atoms with Crippen LogP contribution in [0.25, 0.3) is 11.0 Å². The van der Waals surface area contributed by atoms with Gasteiger partial charge < -0.3 is 16.4 Å². The summed E-state index contributed by atoms with van der Waals surface area (Å²) >= 11 is 0. The van der Waals surface area contributed by atoms with Crippen molar-refractivity contribution in [3.8, 4) is 0 Å². The summed E-state index contributed by atoms with van der Waals surface area (Å²) in [4.78, 5) is 23.4. The number of hydrogen-bond acceptors (Lipinski definition) is 5. The maximum atomic E-state index is 9.71. The standard InChI is InChI=1S/C16H20N4.C3H8N2O/c1-2-4-13(5-3-1)18-16-17-10-12-8-9-14(11-6-7-11)19-15(12)20-16;1-2-5-3(4)6/h8-11,13H,1-7H2,(H,17,18,19,20);2H2,1H3,(H3,4,5,6). The predicted molar refractivity (Wildman–Crippen MR) is 103 cm³/mol. The molecule has 26 heavy (non-hydrogen) atoms. The highest BCUT2D eigenvalue weighted by atomic mass is 16.2. The number of aromatic nitrogens is 3. The molecule has 2 aliphatic carbocycles. The van der Waals surface area contributed by atoms with E-state index < -0.39 is 6.03 Å². The molecule has 7 nitrogen and oxygen atoms in total. The molecule has 2 amide bonds. The highest BCUT2D eigenvalue weighted by Gasteiger charge is 2.25. The van der Waals surface area contributed by atoms with Gasteiger partial charge in [-0.25, -0.2) is 14.8 Å². The number of rotatable bonds is 4. The third-order valence-corrected chi connectivity index (χ3v) is 4.75. The van der Waals surface area contributed by atoms with Crippen LogP contribution in [0.5, 0.6) is 0 Å². The SMILES string of the molecule is CCNC(N)=O.c1cc2cnc(NC3CCCCC3)nc2nc1C1CC1. The fourth-order valence-electron chi connectivity index (χ4n) is 3.20. The fourth-order valence-corrected chi connectivity index (χ4v) is 3.20. The monoisotopic (exact) mass is 356 g/mol. The zero-order valence-corrected chi connectivity index (χ0v) is 15.4. The van der Waals surface area contributed by atoms with Crippen LogP contribution in [0.2, 0.25) is 0 Å². The molecule has 4 N–H and O–H groups in total. The van der Waals surface area contributed by atoms with Crippen molar-refractivity contribution >= 4 is 23.0 Å². The van der Waals surface area contributed by atoms with E-state index in [-0.39, 0.29) is 0 Å². The van der Waals surface area contributed by atoms with E-state index in [2.05, 4.69) is 38.5 Å². The zero-order chi connectivity index (χ0) is 18.4. The Bertz CT molecular complexity index is 740. The number of amides is 2. The first-order chi connectivity index (χ1) is 12.7. The number of hydrogen-bond donors (Lipinski definition) is 3. The lowest BCUT2D eigenvalue weighted by atomic mass is 9.96. The van der Waals surface area contributed by atoms with Crippen molar-refractivity contribution in [3.05, 3.63) is 24.0 Å². The largest absolute Gasteiger partial charge is 0.352 e. The number of urea groups is 1. The normalized spacial score (nSPS) is 17.3. The van der Waals surface area contributed by atoms with Crippen molar-refractivity contribution in [1.29, 1.82) is 0 Å². The van der Waals surface area contributed by atoms with E-state index in [0.29, 0.717) is 18.5 Å². The second-order valence-electron chi connectivity index (χ2n) is 6.99. The molecular weight excluding hydrogens is 328 g/mol. The molecule has 2 aromatic heterocycles. The van der Waals surface area contributed by atoms with Gasteiger partial charge in [-0.05, 0) is 44.7 Å². The van der Waals surface area contributed by atoms with Gasteiger partial charge in [-0.2, -0.15) is 4.98 Å². The van der Waals surface area contributed by atoms with Crippen LogP contribution in [0.4, 0.5) is 10.7 Å². The van der Waals surface area contributed by atoms with E-state index in [1.807, 2.05) is 13.1 Å². The van der Waals surface area contributed by atoms with Crippen LogP contribution >= 0.6 is 0 Å². The second-order valence-corrected chi connectivity index (χ2v) is 6.99. The van der Waals surface area contributed by atoms with Crippen LogP contribution in [0.1, 0.15) is 63.5 Å². The Morgan fingerprint density at radius 3 is 2.54 bits per heavy atom. The highest BCUT2D eigenvalue weighted by molar-refractivity contribution is 5.75. The van der Waals surface area contributed by atoms with Gasteiger partial charge in [0.25, 0.3) is 0 Å². The van der Waals surface area contributed by atoms with E-state index >= 15 is 0 Å². The maximum Gasteiger partial charge on any atom is 0.312 e. The zero-order valence-electron chi connectivity index (χ0n) is 15.4. The Hall–Kier alpha value is -2.44. The van der Waals surface area contributed by atoms with Gasteiger partial charge in [0.15, 0.2) is 5.65 Å². The van der Waals surface area contributed by atoms with Crippen molar-refractivity contribution in [2.45, 2.75) is 63.8 Å². The molecule has 2 saturated carbocycles. The topological polar surface area (TPSA) is 106 Å². The molecule has 2 fully saturated rings. The van der Waals surface area contributed by atoms with Crippen molar-refractivity contribution < 1.29 is 4.79 Å². The molecule has 0 spiro atoms. The first-order valence-electron chi connectivity index (χ1n) is 9.59. The predicted octanol–water partition coefficient (Wildman–Crippen LogP) is 3.32. The lowest BCUT2D eigenvalue weighted by Gasteiger charge is -2.22. The van der Waals surface area contributed by atoms with Crippen LogP contribution in [0.15, 0.2) is 18.3 Å². The third kappa shape index (κ3) is 5.28. The quantitative estimate of drug-likeness (QED) is 0.779. The van der Waals surface area contributed by atoms with Crippen LogP contribution in [0, 0.1) is 0 Å². The Balaban J connectivity index is 0.000000286. The molecule has 2 heterocycles. The van der Waals surface area contributed by atoms with Crippen LogP contribution in [-0.4, -0.2) is 33.6 Å². The minimum Gasteiger partial charge on any atom is -0.352 e. The molecule has 0 aromatic carbocycles. The summed E-state index contributed by atoms with van der Waals surface area (Å²) in [5.74, 6) is 1.41. The van der Waals surface area contributed by atoms with E-state index in [9.17, 15) is 4.79 Å². The number of nitrogens with one attached hydrogen (secondary N) is 2. The molecule has 0 atom stereocenters. The molecular formula is C19H28N6O. The molecule has 0 aliphatic heterocycles. The van der Waals surface area contributed by atoms with Crippen LogP contribution < -0.4 is 16.4 Å². The number of carbonyl (C=O) groups excluding carboxylic acids is 1. The molecule has 7 heteroatoms. The number of anilines is 1. The van der Waals surface area contributed by atoms with Gasteiger partial charge in [0.05, 0.1) is 0 Å². The van der Waals surface area contributed by atoms with E-state index in [4.69, 9.17) is 4.98 Å². The summed E-state index contributed by atoms with van der Waals surface area (Å²) in [6.45, 7) is 2.42. The Labute approximate surface area is 154 Å². The lowest BCUT2D eigenvalue weighted by Crippen LogP contribution is -2.28. The van der Waals surface area contributed by atoms with Gasteiger partial charge in [0.1, 0.15) is 0 Å². The minimum absolute atomic E-state index is 0.461. The molecule has 0 radical (unpaired) electrons. The molecule has 0 saturated heterocycles. The summed E-state index contributed by atoms with van der Waals surface area (Å²) in [7, 11) is 0. The Morgan fingerprint density at radius 2 is 1.92 bits per heavy atom. The number of nitrogens with two attached hydrogens (primary N) is 1. The van der Waals surface area contributed by atoms with Gasteiger partial charge in [-0.15, -0.1) is 0 Å². The smallest absolute Gasteiger partial charge is 0.312 e. The average Bonchev–Trinajstić information content (AvgIpc) is 3.48. The Kier molecular flexibility index (Phi) is 6.20. The van der Waals surface area contributed by atoms with E-state index in [1.165, 1.54) is 50.6 Å². The minimum atomic E-state index is -0.461. The van der Waals surface area contributed by atoms with Crippen molar-refractivity contribution in [3.63, 3.8) is 0 Å². The number of fused-ring (bicyclic) bond motifs is 1. The average molecular weight is 356 g/mol. The number of pyridine rings is 1. The summed E-state index contributed by atoms with van der Waals surface area (Å²) in [6, 6.07) is 4.29. The molecule has 4 rings (SSSR count). The number of nitrogens with zero attached hydrogens (tertiary/aromatic N) is 3. The molecule has 2 aromatic rings. The third-order valence-electron chi connectivity index (χ3n) is 4.75.